The molecule has 0 aliphatic heterocycles. The van der Waals surface area contributed by atoms with Crippen LogP contribution in [0.5, 0.6) is 0 Å². The van der Waals surface area contributed by atoms with Crippen LogP contribution in [0.1, 0.15) is 13.8 Å². The Balaban J connectivity index is 2.20. The van der Waals surface area contributed by atoms with E-state index in [1.807, 2.05) is 42.5 Å². The first-order chi connectivity index (χ1) is 9.05. The number of aliphatic hydroxyl groups is 1. The van der Waals surface area contributed by atoms with Gasteiger partial charge >= 0.3 is 0 Å². The van der Waals surface area contributed by atoms with Crippen molar-refractivity contribution in [1.29, 1.82) is 0 Å². The third-order valence-corrected chi connectivity index (χ3v) is 3.08. The summed E-state index contributed by atoms with van der Waals surface area (Å²) in [6.45, 7) is 3.42. The van der Waals surface area contributed by atoms with E-state index in [0.717, 1.165) is 22.0 Å². The second-order valence-corrected chi connectivity index (χ2v) is 5.09. The molecule has 1 aromatic heterocycles. The van der Waals surface area contributed by atoms with E-state index in [4.69, 9.17) is 0 Å². The van der Waals surface area contributed by atoms with Crippen LogP contribution in [0.25, 0.3) is 22.0 Å². The Kier molecular flexibility index (Phi) is 2.64. The summed E-state index contributed by atoms with van der Waals surface area (Å²) in [4.78, 5) is 0. The third kappa shape index (κ3) is 2.13. The molecule has 2 aromatic carbocycles. The zero-order valence-electron chi connectivity index (χ0n) is 11.0. The van der Waals surface area contributed by atoms with Crippen LogP contribution >= 0.6 is 0 Å². The van der Waals surface area contributed by atoms with Gasteiger partial charge in [-0.2, -0.15) is 5.10 Å². The molecule has 0 aliphatic carbocycles. The molecule has 3 aromatic rings. The molecule has 0 unspecified atom stereocenters. The van der Waals surface area contributed by atoms with Gasteiger partial charge in [0.1, 0.15) is 0 Å². The van der Waals surface area contributed by atoms with Crippen LogP contribution in [0.2, 0.25) is 0 Å². The fourth-order valence-electron chi connectivity index (χ4n) is 2.15. The van der Waals surface area contributed by atoms with Crippen molar-refractivity contribution in [3.63, 3.8) is 0 Å². The quantitative estimate of drug-likeness (QED) is 0.759. The maximum atomic E-state index is 10.1. The maximum Gasteiger partial charge on any atom is 0.152 e. The molecule has 19 heavy (non-hydrogen) atoms. The molecule has 95 valence electrons. The summed E-state index contributed by atoms with van der Waals surface area (Å²) in [5.41, 5.74) is 1.88. The van der Waals surface area contributed by atoms with E-state index in [0.29, 0.717) is 0 Å². The fourth-order valence-corrected chi connectivity index (χ4v) is 2.15. The van der Waals surface area contributed by atoms with Crippen molar-refractivity contribution < 1.29 is 5.11 Å². The number of nitrogens with zero attached hydrogens (tertiary/aromatic N) is 2. The smallest absolute Gasteiger partial charge is 0.152 e. The summed E-state index contributed by atoms with van der Waals surface area (Å²) in [5.74, 6) is 0. The van der Waals surface area contributed by atoms with Crippen LogP contribution in [0.4, 0.5) is 0 Å². The van der Waals surface area contributed by atoms with Gasteiger partial charge in [0.15, 0.2) is 5.72 Å². The minimum atomic E-state index is -1.03. The van der Waals surface area contributed by atoms with Gasteiger partial charge in [-0.15, -0.1) is 0 Å². The highest BCUT2D eigenvalue weighted by Crippen LogP contribution is 2.25. The summed E-state index contributed by atoms with van der Waals surface area (Å²) in [6, 6.07) is 17.4. The van der Waals surface area contributed by atoms with Gasteiger partial charge in [0.2, 0.25) is 0 Å². The predicted octanol–water partition coefficient (Wildman–Crippen LogP) is 3.19. The van der Waals surface area contributed by atoms with E-state index in [9.17, 15) is 5.11 Å². The van der Waals surface area contributed by atoms with Crippen LogP contribution in [0, 0.1) is 6.07 Å². The molecule has 0 spiro atoms. The Hall–Kier alpha value is -2.13. The molecule has 3 rings (SSSR count). The highest BCUT2D eigenvalue weighted by molar-refractivity contribution is 5.83. The van der Waals surface area contributed by atoms with E-state index in [-0.39, 0.29) is 0 Å². The topological polar surface area (TPSA) is 38.0 Å². The Morgan fingerprint density at radius 3 is 2.53 bits per heavy atom. The van der Waals surface area contributed by atoms with Crippen LogP contribution in [0.15, 0.2) is 48.7 Å². The first kappa shape index (κ1) is 11.9. The van der Waals surface area contributed by atoms with Crippen molar-refractivity contribution in [2.75, 3.05) is 0 Å². The van der Waals surface area contributed by atoms with Crippen molar-refractivity contribution in [3.05, 3.63) is 54.7 Å². The standard InChI is InChI=1S/C16H15N2O/c1-16(2,19)18-15-10-13(8-9-14(15)11-17-18)12-6-4-3-5-7-12/h3-9,11,19H,1-2H3. The van der Waals surface area contributed by atoms with Gasteiger partial charge < -0.3 is 5.11 Å². The van der Waals surface area contributed by atoms with Crippen molar-refractivity contribution in [2.24, 2.45) is 0 Å². The lowest BCUT2D eigenvalue weighted by Crippen LogP contribution is -2.26. The Morgan fingerprint density at radius 2 is 1.84 bits per heavy atom. The average molecular weight is 251 g/mol. The number of benzene rings is 2. The largest absolute Gasteiger partial charge is 0.370 e. The van der Waals surface area contributed by atoms with Crippen LogP contribution in [0.3, 0.4) is 0 Å². The highest BCUT2D eigenvalue weighted by Gasteiger charge is 2.19. The Morgan fingerprint density at radius 1 is 1.11 bits per heavy atom. The average Bonchev–Trinajstić information content (AvgIpc) is 2.82. The molecule has 3 heteroatoms. The molecule has 1 N–H and O–H groups in total. The fraction of sp³-hybridized carbons (Fsp3) is 0.188. The summed E-state index contributed by atoms with van der Waals surface area (Å²) < 4.78 is 1.59. The molecule has 0 saturated heterocycles. The van der Waals surface area contributed by atoms with Crippen molar-refractivity contribution in [1.82, 2.24) is 9.78 Å². The number of hydrogen-bond donors (Lipinski definition) is 1. The minimum Gasteiger partial charge on any atom is -0.370 e. The zero-order valence-corrected chi connectivity index (χ0v) is 11.0. The molecule has 0 aliphatic rings. The van der Waals surface area contributed by atoms with Gasteiger partial charge in [-0.05, 0) is 25.0 Å². The van der Waals surface area contributed by atoms with Crippen LogP contribution in [-0.2, 0) is 5.72 Å². The molecule has 0 saturated carbocycles. The predicted molar refractivity (Wildman–Crippen MR) is 75.5 cm³/mol. The van der Waals surface area contributed by atoms with Gasteiger partial charge in [-0.25, -0.2) is 4.68 Å². The molecule has 1 radical (unpaired) electrons. The van der Waals surface area contributed by atoms with Gasteiger partial charge in [-0.1, -0.05) is 42.5 Å². The van der Waals surface area contributed by atoms with Gasteiger partial charge in [0.05, 0.1) is 11.7 Å². The van der Waals surface area contributed by atoms with Gasteiger partial charge in [-0.3, -0.25) is 0 Å². The SMILES string of the molecule is CC(C)(O)n1ncc2ccc(-c3ccccc3)[c]c21. The van der Waals surface area contributed by atoms with Crippen molar-refractivity contribution >= 4 is 10.9 Å². The van der Waals surface area contributed by atoms with E-state index in [1.165, 1.54) is 0 Å². The lowest BCUT2D eigenvalue weighted by Gasteiger charge is -2.19. The second-order valence-electron chi connectivity index (χ2n) is 5.09. The molecular formula is C16H15N2O. The molecule has 0 bridgehead atoms. The number of rotatable bonds is 2. The van der Waals surface area contributed by atoms with E-state index >= 15 is 0 Å². The normalized spacial score (nSPS) is 11.9. The highest BCUT2D eigenvalue weighted by atomic mass is 16.3. The van der Waals surface area contributed by atoms with Crippen molar-refractivity contribution in [3.8, 4) is 11.1 Å². The number of aromatic nitrogens is 2. The lowest BCUT2D eigenvalue weighted by molar-refractivity contribution is -0.00593. The maximum absolute atomic E-state index is 10.1. The summed E-state index contributed by atoms with van der Waals surface area (Å²) in [6.07, 6.45) is 1.75. The summed E-state index contributed by atoms with van der Waals surface area (Å²) in [5, 5.41) is 15.3. The zero-order chi connectivity index (χ0) is 13.5. The first-order valence-corrected chi connectivity index (χ1v) is 6.24. The van der Waals surface area contributed by atoms with E-state index in [2.05, 4.69) is 11.2 Å². The molecule has 0 amide bonds. The Labute approximate surface area is 112 Å². The molecule has 0 atom stereocenters. The molecule has 3 nitrogen and oxygen atoms in total. The Bertz CT molecular complexity index is 708. The summed E-state index contributed by atoms with van der Waals surface area (Å²) >= 11 is 0. The molecular weight excluding hydrogens is 236 g/mol. The van der Waals surface area contributed by atoms with Crippen molar-refractivity contribution in [2.45, 2.75) is 19.6 Å². The third-order valence-electron chi connectivity index (χ3n) is 3.08. The van der Waals surface area contributed by atoms with Gasteiger partial charge in [0, 0.05) is 11.5 Å². The van der Waals surface area contributed by atoms with E-state index in [1.54, 1.807) is 24.7 Å². The number of fused-ring (bicyclic) bond motifs is 1. The molecule has 1 heterocycles. The van der Waals surface area contributed by atoms with E-state index < -0.39 is 5.72 Å². The van der Waals surface area contributed by atoms with Crippen LogP contribution < -0.4 is 0 Å². The lowest BCUT2D eigenvalue weighted by atomic mass is 10.0. The summed E-state index contributed by atoms with van der Waals surface area (Å²) in [7, 11) is 0. The second kappa shape index (κ2) is 4.21. The molecule has 0 fully saturated rings. The first-order valence-electron chi connectivity index (χ1n) is 6.24. The van der Waals surface area contributed by atoms with Gasteiger partial charge in [0.25, 0.3) is 0 Å². The monoisotopic (exact) mass is 251 g/mol. The number of hydrogen-bond acceptors (Lipinski definition) is 2. The minimum absolute atomic E-state index is 0.814. The van der Waals surface area contributed by atoms with Crippen LogP contribution in [-0.4, -0.2) is 14.9 Å².